The van der Waals surface area contributed by atoms with E-state index in [4.69, 9.17) is 9.47 Å². The number of hydrogen-bond acceptors (Lipinski definition) is 5. The number of methoxy groups -OCH3 is 2. The molecular weight excluding hydrogens is 332 g/mol. The molecule has 2 aromatic carbocycles. The van der Waals surface area contributed by atoms with E-state index in [1.165, 1.54) is 16.7 Å². The van der Waals surface area contributed by atoms with Gasteiger partial charge in [0.2, 0.25) is 0 Å². The molecule has 128 valence electrons. The summed E-state index contributed by atoms with van der Waals surface area (Å²) in [5.41, 5.74) is 5.96. The maximum absolute atomic E-state index is 5.47. The molecule has 1 aromatic heterocycles. The number of rotatable bonds is 3. The molecule has 0 fully saturated rings. The average molecular weight is 352 g/mol. The number of nitrogens with zero attached hydrogens (tertiary/aromatic N) is 2. The number of aromatic nitrogens is 1. The molecule has 0 atom stereocenters. The fourth-order valence-electron chi connectivity index (χ4n) is 3.43. The molecule has 25 heavy (non-hydrogen) atoms. The van der Waals surface area contributed by atoms with E-state index in [-0.39, 0.29) is 0 Å². The number of pyridine rings is 1. The summed E-state index contributed by atoms with van der Waals surface area (Å²) in [6, 6.07) is 12.7. The molecule has 0 spiro atoms. The second kappa shape index (κ2) is 6.58. The Bertz CT molecular complexity index is 942. The van der Waals surface area contributed by atoms with E-state index in [0.29, 0.717) is 11.5 Å². The molecule has 0 unspecified atom stereocenters. The third-order valence-electron chi connectivity index (χ3n) is 4.76. The van der Waals surface area contributed by atoms with Gasteiger partial charge in [-0.2, -0.15) is 0 Å². The van der Waals surface area contributed by atoms with E-state index in [0.717, 1.165) is 36.0 Å². The quantitative estimate of drug-likeness (QED) is 0.719. The lowest BCUT2D eigenvalue weighted by atomic mass is 9.94. The summed E-state index contributed by atoms with van der Waals surface area (Å²) in [6.07, 6.45) is 2.88. The monoisotopic (exact) mass is 352 g/mol. The van der Waals surface area contributed by atoms with Crippen molar-refractivity contribution in [3.8, 4) is 22.6 Å². The summed E-state index contributed by atoms with van der Waals surface area (Å²) >= 11 is 4.51. The Labute approximate surface area is 152 Å². The SMILES string of the molecule is COc1cc2nccc(-c3ccc4c(c3)CN(S)CC4)c2cc1OC. The largest absolute Gasteiger partial charge is 0.493 e. The van der Waals surface area contributed by atoms with Crippen LogP contribution in [0.3, 0.4) is 0 Å². The fourth-order valence-corrected chi connectivity index (χ4v) is 3.69. The van der Waals surface area contributed by atoms with Crippen LogP contribution in [-0.4, -0.2) is 30.1 Å². The lowest BCUT2D eigenvalue weighted by Crippen LogP contribution is -2.22. The van der Waals surface area contributed by atoms with Gasteiger partial charge in [-0.1, -0.05) is 24.9 Å². The van der Waals surface area contributed by atoms with Crippen molar-refractivity contribution < 1.29 is 9.47 Å². The first kappa shape index (κ1) is 16.2. The normalized spacial score (nSPS) is 14.4. The van der Waals surface area contributed by atoms with E-state index in [1.807, 2.05) is 18.3 Å². The first-order chi connectivity index (χ1) is 12.2. The third kappa shape index (κ3) is 2.94. The van der Waals surface area contributed by atoms with Gasteiger partial charge in [-0.15, -0.1) is 0 Å². The Morgan fingerprint density at radius 3 is 2.60 bits per heavy atom. The van der Waals surface area contributed by atoms with Crippen LogP contribution < -0.4 is 9.47 Å². The van der Waals surface area contributed by atoms with E-state index < -0.39 is 0 Å². The highest BCUT2D eigenvalue weighted by Gasteiger charge is 2.16. The van der Waals surface area contributed by atoms with Crippen molar-refractivity contribution in [3.05, 3.63) is 53.7 Å². The molecule has 0 radical (unpaired) electrons. The molecule has 0 bridgehead atoms. The molecule has 4 nitrogen and oxygen atoms in total. The number of fused-ring (bicyclic) bond motifs is 2. The molecule has 0 aliphatic carbocycles. The van der Waals surface area contributed by atoms with Gasteiger partial charge in [0, 0.05) is 30.7 Å². The summed E-state index contributed by atoms with van der Waals surface area (Å²) < 4.78 is 12.9. The van der Waals surface area contributed by atoms with Crippen molar-refractivity contribution in [3.63, 3.8) is 0 Å². The summed E-state index contributed by atoms with van der Waals surface area (Å²) in [6.45, 7) is 1.86. The summed E-state index contributed by atoms with van der Waals surface area (Å²) in [5.74, 6) is 1.40. The van der Waals surface area contributed by atoms with E-state index in [1.54, 1.807) is 14.2 Å². The Balaban J connectivity index is 1.88. The van der Waals surface area contributed by atoms with Crippen molar-refractivity contribution in [2.24, 2.45) is 0 Å². The highest BCUT2D eigenvalue weighted by Crippen LogP contribution is 2.37. The lowest BCUT2D eigenvalue weighted by Gasteiger charge is -2.24. The Kier molecular flexibility index (Phi) is 4.27. The molecule has 0 saturated heterocycles. The van der Waals surface area contributed by atoms with Crippen LogP contribution in [0, 0.1) is 0 Å². The molecule has 1 aliphatic rings. The van der Waals surface area contributed by atoms with Crippen molar-refractivity contribution in [1.29, 1.82) is 0 Å². The molecule has 1 aliphatic heterocycles. The minimum Gasteiger partial charge on any atom is -0.493 e. The second-order valence-electron chi connectivity index (χ2n) is 6.20. The molecule has 0 amide bonds. The van der Waals surface area contributed by atoms with Gasteiger partial charge in [0.05, 0.1) is 19.7 Å². The smallest absolute Gasteiger partial charge is 0.162 e. The Morgan fingerprint density at radius 2 is 1.80 bits per heavy atom. The maximum atomic E-state index is 5.47. The molecule has 3 aromatic rings. The zero-order valence-electron chi connectivity index (χ0n) is 14.3. The molecular formula is C20H20N2O2S. The van der Waals surface area contributed by atoms with Gasteiger partial charge in [-0.3, -0.25) is 4.98 Å². The van der Waals surface area contributed by atoms with Crippen LogP contribution in [0.15, 0.2) is 42.6 Å². The first-order valence-corrected chi connectivity index (χ1v) is 8.66. The molecule has 5 heteroatoms. The zero-order chi connectivity index (χ0) is 17.4. The van der Waals surface area contributed by atoms with Crippen molar-refractivity contribution in [2.45, 2.75) is 13.0 Å². The fraction of sp³-hybridized carbons (Fsp3) is 0.250. The van der Waals surface area contributed by atoms with Gasteiger partial charge in [-0.25, -0.2) is 4.31 Å². The van der Waals surface area contributed by atoms with Gasteiger partial charge in [0.1, 0.15) is 0 Å². The number of thiol groups is 1. The van der Waals surface area contributed by atoms with Gasteiger partial charge >= 0.3 is 0 Å². The van der Waals surface area contributed by atoms with E-state index >= 15 is 0 Å². The first-order valence-electron chi connectivity index (χ1n) is 8.26. The number of hydrogen-bond donors (Lipinski definition) is 1. The second-order valence-corrected chi connectivity index (χ2v) is 6.77. The lowest BCUT2D eigenvalue weighted by molar-refractivity contribution is 0.356. The minimum atomic E-state index is 0.691. The molecule has 0 N–H and O–H groups in total. The molecule has 4 rings (SSSR count). The van der Waals surface area contributed by atoms with Crippen molar-refractivity contribution >= 4 is 23.7 Å². The van der Waals surface area contributed by atoms with Crippen LogP contribution in [0.25, 0.3) is 22.0 Å². The van der Waals surface area contributed by atoms with Gasteiger partial charge in [0.25, 0.3) is 0 Å². The highest BCUT2D eigenvalue weighted by atomic mass is 32.1. The van der Waals surface area contributed by atoms with Gasteiger partial charge in [-0.05, 0) is 46.9 Å². The molecule has 0 saturated carbocycles. The Morgan fingerprint density at radius 1 is 1.00 bits per heavy atom. The van der Waals surface area contributed by atoms with E-state index in [2.05, 4.69) is 46.4 Å². The van der Waals surface area contributed by atoms with Crippen LogP contribution in [0.5, 0.6) is 11.5 Å². The van der Waals surface area contributed by atoms with Crippen molar-refractivity contribution in [1.82, 2.24) is 9.29 Å². The van der Waals surface area contributed by atoms with Crippen LogP contribution in [0.4, 0.5) is 0 Å². The Hall–Kier alpha value is -2.24. The zero-order valence-corrected chi connectivity index (χ0v) is 15.2. The highest BCUT2D eigenvalue weighted by molar-refractivity contribution is 7.77. The summed E-state index contributed by atoms with van der Waals surface area (Å²) in [7, 11) is 3.29. The van der Waals surface area contributed by atoms with Gasteiger partial charge in [0.15, 0.2) is 11.5 Å². The summed E-state index contributed by atoms with van der Waals surface area (Å²) in [4.78, 5) is 4.49. The van der Waals surface area contributed by atoms with Crippen LogP contribution in [0.2, 0.25) is 0 Å². The predicted octanol–water partition coefficient (Wildman–Crippen LogP) is 4.12. The number of ether oxygens (including phenoxy) is 2. The number of benzene rings is 2. The predicted molar refractivity (Wildman–Crippen MR) is 103 cm³/mol. The minimum absolute atomic E-state index is 0.691. The summed E-state index contributed by atoms with van der Waals surface area (Å²) in [5, 5.41) is 1.05. The average Bonchev–Trinajstić information content (AvgIpc) is 2.65. The standard InChI is InChI=1S/C20H20N2O2S/c1-23-19-10-17-16(5-7-21-18(17)11-20(19)24-2)14-4-3-13-6-8-22(25)12-15(13)9-14/h3-5,7,9-11,25H,6,8,12H2,1-2H3. The van der Waals surface area contributed by atoms with Crippen LogP contribution in [-0.2, 0) is 13.0 Å². The van der Waals surface area contributed by atoms with Crippen LogP contribution >= 0.6 is 12.8 Å². The van der Waals surface area contributed by atoms with E-state index in [9.17, 15) is 0 Å². The van der Waals surface area contributed by atoms with Crippen molar-refractivity contribution in [2.75, 3.05) is 20.8 Å². The third-order valence-corrected chi connectivity index (χ3v) is 5.10. The maximum Gasteiger partial charge on any atom is 0.162 e. The van der Waals surface area contributed by atoms with Crippen LogP contribution in [0.1, 0.15) is 11.1 Å². The molecule has 2 heterocycles. The van der Waals surface area contributed by atoms with Gasteiger partial charge < -0.3 is 9.47 Å². The topological polar surface area (TPSA) is 34.6 Å².